The van der Waals surface area contributed by atoms with Crippen molar-refractivity contribution in [2.24, 2.45) is 0 Å². The van der Waals surface area contributed by atoms with Crippen molar-refractivity contribution in [1.82, 2.24) is 10.2 Å². The summed E-state index contributed by atoms with van der Waals surface area (Å²) in [5.74, 6) is -2.57. The highest BCUT2D eigenvalue weighted by Crippen LogP contribution is 2.30. The fraction of sp³-hybridized carbons (Fsp3) is 0.222. The maximum Gasteiger partial charge on any atom is 0.325 e. The van der Waals surface area contributed by atoms with E-state index in [2.05, 4.69) is 5.32 Å². The van der Waals surface area contributed by atoms with E-state index in [9.17, 15) is 18.4 Å². The molecular weight excluding hydrogens is 314 g/mol. The van der Waals surface area contributed by atoms with Gasteiger partial charge in [-0.15, -0.1) is 0 Å². The van der Waals surface area contributed by atoms with Crippen molar-refractivity contribution in [2.45, 2.75) is 25.9 Å². The van der Waals surface area contributed by atoms with Crippen molar-refractivity contribution >= 4 is 11.9 Å². The Morgan fingerprint density at radius 3 is 2.50 bits per heavy atom. The molecule has 1 heterocycles. The Hall–Kier alpha value is -2.76. The van der Waals surface area contributed by atoms with Gasteiger partial charge in [-0.2, -0.15) is 0 Å². The summed E-state index contributed by atoms with van der Waals surface area (Å²) in [5, 5.41) is 2.58. The summed E-state index contributed by atoms with van der Waals surface area (Å²) < 4.78 is 26.6. The van der Waals surface area contributed by atoms with Crippen LogP contribution >= 0.6 is 0 Å². The molecule has 124 valence electrons. The Balaban J connectivity index is 1.91. The molecule has 0 saturated carbocycles. The van der Waals surface area contributed by atoms with Gasteiger partial charge in [0.15, 0.2) is 11.6 Å². The van der Waals surface area contributed by atoms with Crippen LogP contribution in [0, 0.1) is 18.6 Å². The van der Waals surface area contributed by atoms with Crippen LogP contribution in [-0.4, -0.2) is 16.8 Å². The van der Waals surface area contributed by atoms with E-state index in [1.165, 1.54) is 13.0 Å². The normalized spacial score (nSPS) is 20.4. The molecule has 4 nitrogen and oxygen atoms in total. The minimum Gasteiger partial charge on any atom is -0.319 e. The Morgan fingerprint density at radius 2 is 1.83 bits per heavy atom. The highest BCUT2D eigenvalue weighted by Gasteiger charge is 2.49. The van der Waals surface area contributed by atoms with Crippen molar-refractivity contribution < 1.29 is 18.4 Å². The number of nitrogens with one attached hydrogen (secondary N) is 1. The number of nitrogens with zero attached hydrogens (tertiary/aromatic N) is 1. The van der Waals surface area contributed by atoms with Gasteiger partial charge in [0.05, 0.1) is 6.54 Å². The molecule has 1 unspecified atom stereocenters. The zero-order valence-corrected chi connectivity index (χ0v) is 13.3. The molecule has 24 heavy (non-hydrogen) atoms. The van der Waals surface area contributed by atoms with E-state index in [0.717, 1.165) is 28.2 Å². The number of aryl methyl sites for hydroxylation is 1. The molecule has 3 amide bonds. The van der Waals surface area contributed by atoms with Crippen molar-refractivity contribution in [3.63, 3.8) is 0 Å². The summed E-state index contributed by atoms with van der Waals surface area (Å²) in [4.78, 5) is 26.1. The Bertz CT molecular complexity index is 838. The topological polar surface area (TPSA) is 49.4 Å². The second-order valence-corrected chi connectivity index (χ2v) is 6.06. The largest absolute Gasteiger partial charge is 0.325 e. The van der Waals surface area contributed by atoms with Gasteiger partial charge in [0, 0.05) is 0 Å². The Kier molecular flexibility index (Phi) is 3.83. The SMILES string of the molecule is Cc1cccc(CN2C(=O)NC(C)(c3ccc(F)c(F)c3)C2=O)c1. The van der Waals surface area contributed by atoms with Crippen molar-refractivity contribution in [3.8, 4) is 0 Å². The van der Waals surface area contributed by atoms with E-state index in [1.807, 2.05) is 31.2 Å². The number of halogens is 2. The first-order valence-corrected chi connectivity index (χ1v) is 7.46. The average molecular weight is 330 g/mol. The molecule has 2 aromatic rings. The lowest BCUT2D eigenvalue weighted by atomic mass is 9.92. The highest BCUT2D eigenvalue weighted by molar-refractivity contribution is 6.07. The summed E-state index contributed by atoms with van der Waals surface area (Å²) in [6.07, 6.45) is 0. The molecule has 0 bridgehead atoms. The predicted molar refractivity (Wildman–Crippen MR) is 84.0 cm³/mol. The summed E-state index contributed by atoms with van der Waals surface area (Å²) in [6, 6.07) is 10.1. The van der Waals surface area contributed by atoms with E-state index in [0.29, 0.717) is 0 Å². The molecule has 0 spiro atoms. The number of hydrogen-bond donors (Lipinski definition) is 1. The first kappa shape index (κ1) is 16.1. The standard InChI is InChI=1S/C18H16F2N2O2/c1-11-4-3-5-12(8-11)10-22-16(23)18(2,21-17(22)24)13-6-7-14(19)15(20)9-13/h3-9H,10H2,1-2H3,(H,21,24). The first-order chi connectivity index (χ1) is 11.3. The van der Waals surface area contributed by atoms with E-state index < -0.39 is 29.1 Å². The van der Waals surface area contributed by atoms with E-state index in [-0.39, 0.29) is 12.1 Å². The van der Waals surface area contributed by atoms with Gasteiger partial charge in [0.25, 0.3) is 5.91 Å². The van der Waals surface area contributed by atoms with Crippen molar-refractivity contribution in [3.05, 3.63) is 70.8 Å². The van der Waals surface area contributed by atoms with E-state index in [4.69, 9.17) is 0 Å². The number of hydrogen-bond acceptors (Lipinski definition) is 2. The van der Waals surface area contributed by atoms with Crippen LogP contribution in [0.15, 0.2) is 42.5 Å². The van der Waals surface area contributed by atoms with Crippen LogP contribution in [0.25, 0.3) is 0 Å². The van der Waals surface area contributed by atoms with E-state index in [1.54, 1.807) is 0 Å². The summed E-state index contributed by atoms with van der Waals surface area (Å²) in [5.41, 5.74) is 0.609. The number of amides is 3. The van der Waals surface area contributed by atoms with Crippen LogP contribution in [0.2, 0.25) is 0 Å². The summed E-state index contributed by atoms with van der Waals surface area (Å²) in [7, 11) is 0. The van der Waals surface area contributed by atoms with Crippen molar-refractivity contribution in [1.29, 1.82) is 0 Å². The van der Waals surface area contributed by atoms with Crippen LogP contribution < -0.4 is 5.32 Å². The predicted octanol–water partition coefficient (Wildman–Crippen LogP) is 3.24. The Labute approximate surface area is 138 Å². The third kappa shape index (κ3) is 2.64. The van der Waals surface area contributed by atoms with Gasteiger partial charge in [0.1, 0.15) is 5.54 Å². The monoisotopic (exact) mass is 330 g/mol. The highest BCUT2D eigenvalue weighted by atomic mass is 19.2. The number of carbonyl (C=O) groups is 2. The van der Waals surface area contributed by atoms with Crippen molar-refractivity contribution in [2.75, 3.05) is 0 Å². The fourth-order valence-electron chi connectivity index (χ4n) is 2.84. The van der Waals surface area contributed by atoms with Crippen LogP contribution in [0.4, 0.5) is 13.6 Å². The lowest BCUT2D eigenvalue weighted by Crippen LogP contribution is -2.41. The van der Waals surface area contributed by atoms with Crippen LogP contribution in [0.3, 0.4) is 0 Å². The minimum atomic E-state index is -1.42. The van der Waals surface area contributed by atoms with Gasteiger partial charge in [-0.05, 0) is 37.1 Å². The third-order valence-corrected chi connectivity index (χ3v) is 4.20. The number of imide groups is 1. The quantitative estimate of drug-likeness (QED) is 0.879. The molecule has 0 radical (unpaired) electrons. The lowest BCUT2D eigenvalue weighted by Gasteiger charge is -2.22. The molecule has 2 aromatic carbocycles. The smallest absolute Gasteiger partial charge is 0.319 e. The molecular formula is C18H16F2N2O2. The summed E-state index contributed by atoms with van der Waals surface area (Å²) >= 11 is 0. The molecule has 1 aliphatic rings. The lowest BCUT2D eigenvalue weighted by molar-refractivity contribution is -0.131. The molecule has 1 atom stereocenters. The second kappa shape index (κ2) is 5.70. The van der Waals surface area contributed by atoms with Gasteiger partial charge in [-0.1, -0.05) is 35.9 Å². The van der Waals surface area contributed by atoms with Crippen LogP contribution in [0.1, 0.15) is 23.6 Å². The van der Waals surface area contributed by atoms with Crippen LogP contribution in [0.5, 0.6) is 0 Å². The molecule has 1 N–H and O–H groups in total. The van der Waals surface area contributed by atoms with Gasteiger partial charge >= 0.3 is 6.03 Å². The second-order valence-electron chi connectivity index (χ2n) is 6.06. The fourth-order valence-corrected chi connectivity index (χ4v) is 2.84. The van der Waals surface area contributed by atoms with Crippen LogP contribution in [-0.2, 0) is 16.9 Å². The minimum absolute atomic E-state index is 0.117. The molecule has 0 aromatic heterocycles. The zero-order chi connectivity index (χ0) is 17.5. The van der Waals surface area contributed by atoms with Gasteiger partial charge in [-0.3, -0.25) is 9.69 Å². The average Bonchev–Trinajstić information content (AvgIpc) is 2.74. The molecule has 6 heteroatoms. The summed E-state index contributed by atoms with van der Waals surface area (Å²) in [6.45, 7) is 3.52. The molecule has 3 rings (SSSR count). The van der Waals surface area contributed by atoms with Gasteiger partial charge < -0.3 is 5.32 Å². The van der Waals surface area contributed by atoms with Gasteiger partial charge in [-0.25, -0.2) is 13.6 Å². The van der Waals surface area contributed by atoms with E-state index >= 15 is 0 Å². The van der Waals surface area contributed by atoms with Gasteiger partial charge in [0.2, 0.25) is 0 Å². The molecule has 1 fully saturated rings. The molecule has 1 saturated heterocycles. The number of carbonyl (C=O) groups excluding carboxylic acids is 2. The molecule has 1 aliphatic heterocycles. The Morgan fingerprint density at radius 1 is 1.08 bits per heavy atom. The number of rotatable bonds is 3. The molecule has 0 aliphatic carbocycles. The number of urea groups is 1. The maximum absolute atomic E-state index is 13.5. The third-order valence-electron chi connectivity index (χ3n) is 4.20. The first-order valence-electron chi connectivity index (χ1n) is 7.46. The number of benzene rings is 2. The maximum atomic E-state index is 13.5. The zero-order valence-electron chi connectivity index (χ0n) is 13.3.